The van der Waals surface area contributed by atoms with Crippen LogP contribution in [0.15, 0.2) is 72.2 Å². The van der Waals surface area contributed by atoms with Gasteiger partial charge >= 0.3 is 0 Å². The number of rotatable bonds is 32. The van der Waals surface area contributed by atoms with E-state index in [-0.39, 0.29) is 100 Å². The number of aliphatic imine (C=N–C) groups is 1. The van der Waals surface area contributed by atoms with Gasteiger partial charge in [0.25, 0.3) is 0 Å². The highest BCUT2D eigenvalue weighted by molar-refractivity contribution is 6.03. The first-order valence-corrected chi connectivity index (χ1v) is 30.4. The summed E-state index contributed by atoms with van der Waals surface area (Å²) < 4.78 is 0. The summed E-state index contributed by atoms with van der Waals surface area (Å²) in [4.78, 5) is 170. The number of aromatic hydroxyl groups is 1. The Morgan fingerprint density at radius 3 is 1.83 bits per heavy atom. The number of nitrogens with two attached hydrogens (primary N) is 2. The van der Waals surface area contributed by atoms with Crippen molar-refractivity contribution in [2.45, 2.75) is 167 Å². The summed E-state index contributed by atoms with van der Waals surface area (Å²) in [5, 5.41) is 43.2. The van der Waals surface area contributed by atoms with Crippen LogP contribution in [0.1, 0.15) is 110 Å². The molecule has 2 aliphatic heterocycles. The molecule has 11 amide bonds. The summed E-state index contributed by atoms with van der Waals surface area (Å²) >= 11 is 0. The van der Waals surface area contributed by atoms with Crippen LogP contribution in [0.2, 0.25) is 0 Å². The molecule has 0 bridgehead atoms. The Bertz CT molecular complexity index is 3200. The predicted molar refractivity (Wildman–Crippen MR) is 329 cm³/mol. The molecule has 29 nitrogen and oxygen atoms in total. The average Bonchev–Trinajstić information content (AvgIpc) is 1.85. The number of aliphatic hydroxyl groups excluding tert-OH is 1. The number of nitrogens with one attached hydrogen (secondary N) is 10. The number of benzene rings is 2. The summed E-state index contributed by atoms with van der Waals surface area (Å²) in [5.74, 6) is -8.85. The Morgan fingerprint density at radius 1 is 0.689 bits per heavy atom. The number of imidazole rings is 1. The number of aromatic nitrogens is 3. The number of carbonyl (C=O) groups is 11. The molecule has 4 heterocycles. The smallest absolute Gasteiger partial charge is 0.245 e. The minimum absolute atomic E-state index is 0.00424. The summed E-state index contributed by atoms with van der Waals surface area (Å²) in [6, 6.07) is 0.876. The van der Waals surface area contributed by atoms with E-state index in [0.29, 0.717) is 47.1 Å². The number of likely N-dealkylation sites (tertiary alicyclic amines) is 2. The maximum Gasteiger partial charge on any atom is 0.245 e. The van der Waals surface area contributed by atoms with Gasteiger partial charge in [0.2, 0.25) is 65.0 Å². The van der Waals surface area contributed by atoms with E-state index in [1.165, 1.54) is 41.7 Å². The molecule has 2 aliphatic rings. The van der Waals surface area contributed by atoms with Crippen LogP contribution in [0.4, 0.5) is 0 Å². The van der Waals surface area contributed by atoms with Gasteiger partial charge in [0, 0.05) is 81.2 Å². The molecular formula is C61H86N16O13. The van der Waals surface area contributed by atoms with Crippen LogP contribution < -0.4 is 54.0 Å². The largest absolute Gasteiger partial charge is 0.508 e. The number of carbonyl (C=O) groups excluding carboxylic acids is 11. The van der Waals surface area contributed by atoms with Gasteiger partial charge in [-0.05, 0) is 93.0 Å². The number of H-pyrrole nitrogens is 2. The number of para-hydroxylation sites is 1. The second-order valence-electron chi connectivity index (χ2n) is 23.5. The van der Waals surface area contributed by atoms with Gasteiger partial charge in [0.05, 0.1) is 12.9 Å². The van der Waals surface area contributed by atoms with Gasteiger partial charge in [-0.1, -0.05) is 58.0 Å². The zero-order chi connectivity index (χ0) is 65.8. The minimum Gasteiger partial charge on any atom is -0.508 e. The third-order valence-corrected chi connectivity index (χ3v) is 15.5. The van der Waals surface area contributed by atoms with Crippen molar-refractivity contribution in [2.75, 3.05) is 26.2 Å². The van der Waals surface area contributed by atoms with Crippen molar-refractivity contribution < 1.29 is 63.0 Å². The number of likely N-dealkylation sites (N-methyl/N-ethyl adjacent to an activating group) is 1. The first-order chi connectivity index (χ1) is 42.9. The lowest BCUT2D eigenvalue weighted by molar-refractivity contribution is -0.147. The van der Waals surface area contributed by atoms with E-state index >= 15 is 0 Å². The highest BCUT2D eigenvalue weighted by Crippen LogP contribution is 2.23. The van der Waals surface area contributed by atoms with Crippen LogP contribution in [0.3, 0.4) is 0 Å². The number of amides is 11. The van der Waals surface area contributed by atoms with Crippen LogP contribution in [0.25, 0.3) is 10.9 Å². The molecule has 488 valence electrons. The fourth-order valence-electron chi connectivity index (χ4n) is 11.0. The van der Waals surface area contributed by atoms with Crippen molar-refractivity contribution in [3.8, 4) is 5.75 Å². The van der Waals surface area contributed by atoms with Crippen LogP contribution in [0, 0.1) is 11.8 Å². The van der Waals surface area contributed by atoms with Crippen molar-refractivity contribution in [3.05, 3.63) is 84.1 Å². The number of imide groups is 1. The van der Waals surface area contributed by atoms with Gasteiger partial charge in [-0.3, -0.25) is 62.6 Å². The highest BCUT2D eigenvalue weighted by atomic mass is 16.3. The Kier molecular flexibility index (Phi) is 25.7. The summed E-state index contributed by atoms with van der Waals surface area (Å²) in [6.45, 7) is 9.89. The van der Waals surface area contributed by atoms with Crippen molar-refractivity contribution >= 4 is 81.8 Å². The van der Waals surface area contributed by atoms with Crippen molar-refractivity contribution in [2.24, 2.45) is 28.3 Å². The molecule has 6 rings (SSSR count). The standard InChI is InChI=1S/C61H86N16O13/c1-7-65-58(88)49-15-11-23-76(49)60(90)42(14-10-22-66-61(62)63)69-52(82)43(24-33(2)3)70-53(83)44(25-34(4)5)71-54(84)45(26-36-16-18-39(80)19-17-36)72-57(87)48(31-78)75-55(85)46(27-37-29-67-41-13-9-8-12-40(37)41)73-56(86)47(28-38-30-64-32-68-38)74-59(89)50-20-21-51(81)77(50)35(6)79/h8-9,12-13,16-19,29-30,32-34,42-50,67,78,80H,7,10-11,14-15,20-28,31H2,1-6H3,(H,64,68)(H,65,88)(H,69,82)(H,70,83)(H,71,84)(H,72,87)(H,73,86)(H,74,89)(H,75,85)(H4,62,63,66)/t42-,43-,44+,45-,46-,47-,48-,49-,50+/m0/s1. The van der Waals surface area contributed by atoms with Crippen molar-refractivity contribution in [3.63, 3.8) is 0 Å². The Hall–Kier alpha value is -9.41. The first-order valence-electron chi connectivity index (χ1n) is 30.4. The van der Waals surface area contributed by atoms with E-state index in [1.807, 2.05) is 13.8 Å². The molecule has 0 unspecified atom stereocenters. The van der Waals surface area contributed by atoms with Gasteiger partial charge in [-0.15, -0.1) is 0 Å². The molecule has 29 heteroatoms. The van der Waals surface area contributed by atoms with E-state index in [0.717, 1.165) is 11.8 Å². The average molecular weight is 1250 g/mol. The predicted octanol–water partition coefficient (Wildman–Crippen LogP) is -1.18. The molecule has 2 fully saturated rings. The summed E-state index contributed by atoms with van der Waals surface area (Å²) in [5.41, 5.74) is 13.2. The second-order valence-corrected chi connectivity index (χ2v) is 23.5. The van der Waals surface area contributed by atoms with E-state index in [4.69, 9.17) is 11.5 Å². The van der Waals surface area contributed by atoms with Gasteiger partial charge in [0.1, 0.15) is 60.1 Å². The van der Waals surface area contributed by atoms with Crippen LogP contribution in [-0.2, 0) is 72.0 Å². The molecule has 2 aromatic carbocycles. The normalized spacial score (nSPS) is 17.1. The molecule has 4 aromatic rings. The lowest BCUT2D eigenvalue weighted by Crippen LogP contribution is -2.61. The van der Waals surface area contributed by atoms with Gasteiger partial charge < -0.3 is 79.1 Å². The number of phenolic OH excluding ortho intramolecular Hbond substituents is 1. The zero-order valence-corrected chi connectivity index (χ0v) is 51.6. The molecule has 0 radical (unpaired) electrons. The van der Waals surface area contributed by atoms with Gasteiger partial charge in [-0.25, -0.2) is 4.98 Å². The molecule has 0 aliphatic carbocycles. The third kappa shape index (κ3) is 19.8. The minimum atomic E-state index is -1.79. The fourth-order valence-corrected chi connectivity index (χ4v) is 11.0. The molecule has 2 aromatic heterocycles. The monoisotopic (exact) mass is 1250 g/mol. The third-order valence-electron chi connectivity index (χ3n) is 15.5. The molecule has 9 atom stereocenters. The quantitative estimate of drug-likeness (QED) is 0.0155. The SMILES string of the molecule is CCNC(=O)[C@@H]1CCCN1C(=O)[C@H](CCCN=C(N)N)NC(=O)[C@H](CC(C)C)NC(=O)[C@@H](CC(C)C)NC(=O)[C@H](Cc1ccc(O)cc1)NC(=O)[C@H](CO)NC(=O)[C@H](Cc1c[nH]c2ccccc12)NC(=O)[C@H](Cc1cnc[nH]1)NC(=O)[C@H]1CCC(=O)N1C(C)=O. The summed E-state index contributed by atoms with van der Waals surface area (Å²) in [6.07, 6.45) is 5.12. The first kappa shape index (κ1) is 69.7. The van der Waals surface area contributed by atoms with Crippen LogP contribution in [0.5, 0.6) is 5.75 Å². The van der Waals surface area contributed by atoms with Gasteiger partial charge in [-0.2, -0.15) is 0 Å². The molecule has 0 spiro atoms. The number of hydrogen-bond acceptors (Lipinski definition) is 15. The second kappa shape index (κ2) is 33.3. The highest BCUT2D eigenvalue weighted by Gasteiger charge is 2.42. The summed E-state index contributed by atoms with van der Waals surface area (Å²) in [7, 11) is 0. The lowest BCUT2D eigenvalue weighted by atomic mass is 9.98. The van der Waals surface area contributed by atoms with Crippen molar-refractivity contribution in [1.29, 1.82) is 0 Å². The number of nitrogens with zero attached hydrogens (tertiary/aromatic N) is 4. The Labute approximate surface area is 521 Å². The number of phenols is 1. The lowest BCUT2D eigenvalue weighted by Gasteiger charge is -2.31. The van der Waals surface area contributed by atoms with Crippen LogP contribution >= 0.6 is 0 Å². The molecule has 90 heavy (non-hydrogen) atoms. The Balaban J connectivity index is 1.23. The van der Waals surface area contributed by atoms with Crippen molar-refractivity contribution in [1.82, 2.24) is 67.3 Å². The number of guanidine groups is 1. The Morgan fingerprint density at radius 2 is 1.26 bits per heavy atom. The van der Waals surface area contributed by atoms with E-state index < -0.39 is 120 Å². The van der Waals surface area contributed by atoms with E-state index in [9.17, 15) is 63.0 Å². The molecular weight excluding hydrogens is 1160 g/mol. The fraction of sp³-hybridized carbons (Fsp3) is 0.525. The molecule has 2 saturated heterocycles. The number of hydrogen-bond donors (Lipinski definition) is 14. The number of aromatic amines is 2. The van der Waals surface area contributed by atoms with Crippen LogP contribution in [-0.4, -0.2) is 187 Å². The maximum absolute atomic E-state index is 14.7. The van der Waals surface area contributed by atoms with E-state index in [1.54, 1.807) is 51.2 Å². The maximum atomic E-state index is 14.7. The number of aliphatic hydroxyl groups is 1. The number of fused-ring (bicyclic) bond motifs is 1. The van der Waals surface area contributed by atoms with Gasteiger partial charge in [0.15, 0.2) is 5.96 Å². The zero-order valence-electron chi connectivity index (χ0n) is 51.6. The molecule has 0 saturated carbocycles. The van der Waals surface area contributed by atoms with E-state index in [2.05, 4.69) is 62.5 Å². The topological polar surface area (TPSA) is 440 Å². The molecule has 16 N–H and O–H groups in total.